The normalized spacial score (nSPS) is 23.7. The number of anilines is 1. The Labute approximate surface area is 232 Å². The van der Waals surface area contributed by atoms with Crippen LogP contribution in [0.2, 0.25) is 0 Å². The summed E-state index contributed by atoms with van der Waals surface area (Å²) in [4.78, 5) is 31.6. The molecular weight excluding hydrogens is 516 g/mol. The third kappa shape index (κ3) is 6.44. The summed E-state index contributed by atoms with van der Waals surface area (Å²) in [7, 11) is -2.09. The van der Waals surface area contributed by atoms with Crippen molar-refractivity contribution in [3.8, 4) is 0 Å². The summed E-state index contributed by atoms with van der Waals surface area (Å²) in [5.74, 6) is 1.66. The highest BCUT2D eigenvalue weighted by atomic mass is 32.2. The molecular formula is C29H42N4O5S. The zero-order valence-corrected chi connectivity index (χ0v) is 24.6. The number of amidine groups is 1. The maximum atomic E-state index is 13.2. The Kier molecular flexibility index (Phi) is 8.98. The highest BCUT2D eigenvalue weighted by Crippen LogP contribution is 2.36. The number of carbonyl (C=O) groups is 2. The van der Waals surface area contributed by atoms with Gasteiger partial charge in [0.25, 0.3) is 5.91 Å². The molecule has 10 heteroatoms. The smallest absolute Gasteiger partial charge is 0.253 e. The minimum atomic E-state index is -3.68. The van der Waals surface area contributed by atoms with E-state index in [-0.39, 0.29) is 24.9 Å². The van der Waals surface area contributed by atoms with Crippen LogP contribution in [0.25, 0.3) is 6.08 Å². The fourth-order valence-electron chi connectivity index (χ4n) is 5.98. The number of methoxy groups -OCH3 is 1. The van der Waals surface area contributed by atoms with Gasteiger partial charge in [0.1, 0.15) is 11.4 Å². The number of benzene rings is 1. The van der Waals surface area contributed by atoms with Crippen LogP contribution in [0, 0.1) is 25.7 Å². The molecule has 2 amide bonds. The molecule has 1 aliphatic carbocycles. The molecule has 2 heterocycles. The molecule has 0 aromatic heterocycles. The van der Waals surface area contributed by atoms with Crippen molar-refractivity contribution in [2.75, 3.05) is 38.3 Å². The SMILES string of the molecule is COCCN(C(C)=O)c1cc(C)c(/C=C/S(=O)(=O)N2CCC3(CC2)N=C(C2CCC(C)CC2)NC3=O)c(C)c1. The number of nitrogens with zero attached hydrogens (tertiary/aromatic N) is 3. The number of piperidine rings is 1. The van der Waals surface area contributed by atoms with E-state index in [9.17, 15) is 18.0 Å². The number of rotatable bonds is 8. The molecule has 1 saturated heterocycles. The highest BCUT2D eigenvalue weighted by molar-refractivity contribution is 7.92. The summed E-state index contributed by atoms with van der Waals surface area (Å²) in [6.45, 7) is 8.96. The molecule has 0 atom stereocenters. The first-order valence-electron chi connectivity index (χ1n) is 13.9. The van der Waals surface area contributed by atoms with E-state index in [1.165, 1.54) is 16.6 Å². The number of carbonyl (C=O) groups excluding carboxylic acids is 2. The third-order valence-corrected chi connectivity index (χ3v) is 10.1. The Morgan fingerprint density at radius 2 is 1.79 bits per heavy atom. The number of aliphatic imine (C=N–C) groups is 1. The van der Waals surface area contributed by atoms with Crippen molar-refractivity contribution >= 4 is 39.4 Å². The molecule has 1 N–H and O–H groups in total. The van der Waals surface area contributed by atoms with Gasteiger partial charge in [0, 0.05) is 50.7 Å². The van der Waals surface area contributed by atoms with E-state index in [2.05, 4.69) is 12.2 Å². The molecule has 0 bridgehead atoms. The average Bonchev–Trinajstić information content (AvgIpc) is 3.19. The maximum Gasteiger partial charge on any atom is 0.253 e. The number of sulfonamides is 1. The van der Waals surface area contributed by atoms with Gasteiger partial charge in [0.15, 0.2) is 0 Å². The van der Waals surface area contributed by atoms with Crippen molar-refractivity contribution in [1.82, 2.24) is 9.62 Å². The van der Waals surface area contributed by atoms with Gasteiger partial charge in [-0.25, -0.2) is 8.42 Å². The second kappa shape index (κ2) is 11.9. The molecule has 0 unspecified atom stereocenters. The number of aryl methyl sites for hydroxylation is 2. The number of hydrogen-bond donors (Lipinski definition) is 1. The van der Waals surface area contributed by atoms with E-state index in [1.807, 2.05) is 26.0 Å². The lowest BCUT2D eigenvalue weighted by atomic mass is 9.82. The summed E-state index contributed by atoms with van der Waals surface area (Å²) >= 11 is 0. The molecule has 9 nitrogen and oxygen atoms in total. The first-order chi connectivity index (χ1) is 18.5. The maximum absolute atomic E-state index is 13.2. The molecule has 39 heavy (non-hydrogen) atoms. The molecule has 1 aromatic carbocycles. The van der Waals surface area contributed by atoms with Crippen molar-refractivity contribution in [2.45, 2.75) is 71.8 Å². The Morgan fingerprint density at radius 3 is 2.36 bits per heavy atom. The van der Waals surface area contributed by atoms with Crippen LogP contribution in [0.1, 0.15) is 69.1 Å². The Balaban J connectivity index is 1.44. The van der Waals surface area contributed by atoms with E-state index in [0.29, 0.717) is 31.9 Å². The van der Waals surface area contributed by atoms with Crippen LogP contribution in [0.3, 0.4) is 0 Å². The van der Waals surface area contributed by atoms with Crippen LogP contribution in [0.4, 0.5) is 5.69 Å². The highest BCUT2D eigenvalue weighted by Gasteiger charge is 2.48. The minimum absolute atomic E-state index is 0.0830. The van der Waals surface area contributed by atoms with E-state index in [1.54, 1.807) is 18.1 Å². The summed E-state index contributed by atoms with van der Waals surface area (Å²) < 4.78 is 33.0. The molecule has 2 aliphatic heterocycles. The van der Waals surface area contributed by atoms with E-state index in [4.69, 9.17) is 9.73 Å². The minimum Gasteiger partial charge on any atom is -0.383 e. The van der Waals surface area contributed by atoms with Crippen LogP contribution in [-0.2, 0) is 24.3 Å². The van der Waals surface area contributed by atoms with Gasteiger partial charge in [-0.2, -0.15) is 4.31 Å². The van der Waals surface area contributed by atoms with Crippen LogP contribution >= 0.6 is 0 Å². The molecule has 4 rings (SSSR count). The predicted octanol–water partition coefficient (Wildman–Crippen LogP) is 3.79. The zero-order valence-electron chi connectivity index (χ0n) is 23.8. The first kappa shape index (κ1) is 29.4. The number of ether oxygens (including phenoxy) is 1. The van der Waals surface area contributed by atoms with Crippen molar-refractivity contribution in [2.24, 2.45) is 16.8 Å². The van der Waals surface area contributed by atoms with Crippen molar-refractivity contribution < 1.29 is 22.7 Å². The summed E-state index contributed by atoms with van der Waals surface area (Å²) in [5.41, 5.74) is 2.46. The molecule has 1 spiro atoms. The monoisotopic (exact) mass is 558 g/mol. The van der Waals surface area contributed by atoms with Crippen molar-refractivity contribution in [3.05, 3.63) is 34.2 Å². The van der Waals surface area contributed by atoms with Gasteiger partial charge in [-0.15, -0.1) is 0 Å². The summed E-state index contributed by atoms with van der Waals surface area (Å²) in [6, 6.07) is 3.78. The van der Waals surface area contributed by atoms with Gasteiger partial charge in [-0.1, -0.05) is 19.8 Å². The van der Waals surface area contributed by atoms with Crippen LogP contribution < -0.4 is 10.2 Å². The summed E-state index contributed by atoms with van der Waals surface area (Å²) in [5, 5.41) is 4.29. The van der Waals surface area contributed by atoms with Gasteiger partial charge in [0.2, 0.25) is 15.9 Å². The molecule has 2 fully saturated rings. The Hall–Kier alpha value is -2.56. The fraction of sp³-hybridized carbons (Fsp3) is 0.621. The van der Waals surface area contributed by atoms with Crippen LogP contribution in [0.15, 0.2) is 22.5 Å². The second-order valence-electron chi connectivity index (χ2n) is 11.3. The third-order valence-electron chi connectivity index (χ3n) is 8.51. The molecule has 3 aliphatic rings. The second-order valence-corrected chi connectivity index (χ2v) is 13.2. The Bertz CT molecular complexity index is 1230. The number of amides is 2. The van der Waals surface area contributed by atoms with Gasteiger partial charge in [0.05, 0.1) is 6.61 Å². The zero-order chi connectivity index (χ0) is 28.4. The van der Waals surface area contributed by atoms with Crippen molar-refractivity contribution in [1.29, 1.82) is 0 Å². The number of hydrogen-bond acceptors (Lipinski definition) is 6. The van der Waals surface area contributed by atoms with Crippen LogP contribution in [-0.4, -0.2) is 69.3 Å². The van der Waals surface area contributed by atoms with Gasteiger partial charge in [-0.3, -0.25) is 14.6 Å². The first-order valence-corrected chi connectivity index (χ1v) is 15.4. The largest absolute Gasteiger partial charge is 0.383 e. The summed E-state index contributed by atoms with van der Waals surface area (Å²) in [6.07, 6.45) is 6.78. The topological polar surface area (TPSA) is 108 Å². The van der Waals surface area contributed by atoms with Gasteiger partial charge in [-0.05, 0) is 80.3 Å². The van der Waals surface area contributed by atoms with E-state index >= 15 is 0 Å². The molecule has 1 aromatic rings. The molecule has 214 valence electrons. The van der Waals surface area contributed by atoms with Crippen LogP contribution in [0.5, 0.6) is 0 Å². The molecule has 0 radical (unpaired) electrons. The van der Waals surface area contributed by atoms with Gasteiger partial charge >= 0.3 is 0 Å². The predicted molar refractivity (Wildman–Crippen MR) is 154 cm³/mol. The van der Waals surface area contributed by atoms with E-state index < -0.39 is 15.6 Å². The lowest BCUT2D eigenvalue weighted by molar-refractivity contribution is -0.125. The van der Waals surface area contributed by atoms with E-state index in [0.717, 1.165) is 59.8 Å². The fourth-order valence-corrected chi connectivity index (χ4v) is 7.15. The lowest BCUT2D eigenvalue weighted by Gasteiger charge is -2.34. The van der Waals surface area contributed by atoms with Gasteiger partial charge < -0.3 is 15.0 Å². The lowest BCUT2D eigenvalue weighted by Crippen LogP contribution is -2.50. The van der Waals surface area contributed by atoms with Crippen molar-refractivity contribution in [3.63, 3.8) is 0 Å². The average molecular weight is 559 g/mol. The quantitative estimate of drug-likeness (QED) is 0.522. The number of nitrogens with one attached hydrogen (secondary N) is 1. The standard InChI is InChI=1S/C29H42N4O5S/c1-20-6-8-24(9-7-20)27-30-28(35)29(31-27)11-13-32(14-12-29)39(36,37)17-10-26-21(2)18-25(19-22(26)3)33(23(4)34)15-16-38-5/h10,17-20,24H,6-9,11-16H2,1-5H3,(H,30,31,35)/b17-10+. The Morgan fingerprint density at radius 1 is 1.18 bits per heavy atom. The molecule has 1 saturated carbocycles.